The van der Waals surface area contributed by atoms with Crippen molar-refractivity contribution in [3.05, 3.63) is 18.2 Å². The zero-order chi connectivity index (χ0) is 15.8. The molecule has 0 bridgehead atoms. The Kier molecular flexibility index (Phi) is 6.37. The molecule has 2 amide bonds. The third kappa shape index (κ3) is 4.83. The van der Waals surface area contributed by atoms with Crippen LogP contribution in [0.4, 0.5) is 10.5 Å². The number of carbonyl (C=O) groups excluding carboxylic acids is 1. The van der Waals surface area contributed by atoms with Crippen LogP contribution < -0.4 is 20.1 Å². The average Bonchev–Trinajstić information content (AvgIpc) is 2.55. The van der Waals surface area contributed by atoms with Crippen LogP contribution in [0.5, 0.6) is 11.5 Å². The van der Waals surface area contributed by atoms with E-state index < -0.39 is 0 Å². The molecule has 1 unspecified atom stereocenters. The molecule has 0 spiro atoms. The van der Waals surface area contributed by atoms with Crippen LogP contribution in [-0.2, 0) is 0 Å². The lowest BCUT2D eigenvalue weighted by atomic mass is 9.99. The van der Waals surface area contributed by atoms with Crippen LogP contribution in [0.3, 0.4) is 0 Å². The second-order valence-electron chi connectivity index (χ2n) is 5.61. The van der Waals surface area contributed by atoms with Gasteiger partial charge in [0.15, 0.2) is 11.5 Å². The minimum atomic E-state index is -0.174. The summed E-state index contributed by atoms with van der Waals surface area (Å²) >= 11 is 0. The summed E-state index contributed by atoms with van der Waals surface area (Å²) in [6.07, 6.45) is 4.66. The van der Waals surface area contributed by atoms with Gasteiger partial charge >= 0.3 is 6.03 Å². The fraction of sp³-hybridized carbons (Fsp3) is 0.588. The third-order valence-corrected chi connectivity index (χ3v) is 3.89. The molecule has 0 aliphatic carbocycles. The molecule has 5 heteroatoms. The minimum Gasteiger partial charge on any atom is -0.486 e. The Labute approximate surface area is 132 Å². The number of hydrogen-bond acceptors (Lipinski definition) is 3. The summed E-state index contributed by atoms with van der Waals surface area (Å²) in [5.41, 5.74) is 0.711. The lowest BCUT2D eigenvalue weighted by molar-refractivity contribution is 0.171. The van der Waals surface area contributed by atoms with Crippen molar-refractivity contribution in [2.75, 3.05) is 25.1 Å². The van der Waals surface area contributed by atoms with Crippen molar-refractivity contribution in [1.82, 2.24) is 5.32 Å². The van der Waals surface area contributed by atoms with Crippen LogP contribution in [0.2, 0.25) is 0 Å². The molecule has 1 aromatic rings. The van der Waals surface area contributed by atoms with Crippen LogP contribution in [0.25, 0.3) is 0 Å². The van der Waals surface area contributed by atoms with Gasteiger partial charge < -0.3 is 20.1 Å². The molecule has 2 rings (SSSR count). The lowest BCUT2D eigenvalue weighted by Gasteiger charge is -2.19. The number of nitrogens with one attached hydrogen (secondary N) is 2. The van der Waals surface area contributed by atoms with Gasteiger partial charge in [0.1, 0.15) is 13.2 Å². The van der Waals surface area contributed by atoms with E-state index in [4.69, 9.17) is 9.47 Å². The second-order valence-corrected chi connectivity index (χ2v) is 5.61. The van der Waals surface area contributed by atoms with E-state index in [1.807, 2.05) is 12.1 Å². The topological polar surface area (TPSA) is 59.6 Å². The van der Waals surface area contributed by atoms with Crippen molar-refractivity contribution < 1.29 is 14.3 Å². The van der Waals surface area contributed by atoms with Crippen molar-refractivity contribution in [2.45, 2.75) is 39.5 Å². The highest BCUT2D eigenvalue weighted by Crippen LogP contribution is 2.32. The Hall–Kier alpha value is -1.91. The summed E-state index contributed by atoms with van der Waals surface area (Å²) in [7, 11) is 0. The third-order valence-electron chi connectivity index (χ3n) is 3.89. The highest BCUT2D eigenvalue weighted by molar-refractivity contribution is 5.89. The first-order chi connectivity index (χ1) is 10.7. The maximum atomic E-state index is 12.0. The van der Waals surface area contributed by atoms with Crippen molar-refractivity contribution in [1.29, 1.82) is 0 Å². The van der Waals surface area contributed by atoms with Gasteiger partial charge in [-0.05, 0) is 24.5 Å². The van der Waals surface area contributed by atoms with Gasteiger partial charge in [-0.1, -0.05) is 33.1 Å². The largest absolute Gasteiger partial charge is 0.486 e. The van der Waals surface area contributed by atoms with E-state index in [0.29, 0.717) is 37.1 Å². The van der Waals surface area contributed by atoms with E-state index in [2.05, 4.69) is 24.5 Å². The Morgan fingerprint density at radius 2 is 2.00 bits per heavy atom. The first kappa shape index (κ1) is 16.5. The lowest BCUT2D eigenvalue weighted by Crippen LogP contribution is -2.33. The molecule has 0 fully saturated rings. The van der Waals surface area contributed by atoms with Crippen LogP contribution in [0, 0.1) is 5.92 Å². The first-order valence-electron chi connectivity index (χ1n) is 8.17. The number of unbranched alkanes of at least 4 members (excludes halogenated alkanes) is 1. The fourth-order valence-electron chi connectivity index (χ4n) is 2.48. The summed E-state index contributed by atoms with van der Waals surface area (Å²) in [4.78, 5) is 12.0. The van der Waals surface area contributed by atoms with Crippen molar-refractivity contribution in [3.8, 4) is 11.5 Å². The highest BCUT2D eigenvalue weighted by Gasteiger charge is 2.13. The molecule has 1 aliphatic rings. The highest BCUT2D eigenvalue weighted by atomic mass is 16.6. The monoisotopic (exact) mass is 306 g/mol. The molecule has 22 heavy (non-hydrogen) atoms. The molecule has 0 radical (unpaired) electrons. The predicted molar refractivity (Wildman–Crippen MR) is 87.8 cm³/mol. The average molecular weight is 306 g/mol. The van der Waals surface area contributed by atoms with Crippen LogP contribution in [-0.4, -0.2) is 25.8 Å². The van der Waals surface area contributed by atoms with Crippen molar-refractivity contribution in [2.24, 2.45) is 5.92 Å². The second kappa shape index (κ2) is 8.51. The van der Waals surface area contributed by atoms with E-state index in [-0.39, 0.29) is 6.03 Å². The van der Waals surface area contributed by atoms with Gasteiger partial charge in [0.2, 0.25) is 0 Å². The number of ether oxygens (including phenoxy) is 2. The number of urea groups is 1. The van der Waals surface area contributed by atoms with Gasteiger partial charge in [0.05, 0.1) is 0 Å². The van der Waals surface area contributed by atoms with E-state index in [9.17, 15) is 4.79 Å². The van der Waals surface area contributed by atoms with Crippen molar-refractivity contribution in [3.63, 3.8) is 0 Å². The van der Waals surface area contributed by atoms with E-state index >= 15 is 0 Å². The Bertz CT molecular complexity index is 491. The summed E-state index contributed by atoms with van der Waals surface area (Å²) in [6, 6.07) is 5.26. The maximum Gasteiger partial charge on any atom is 0.319 e. The normalized spacial score (nSPS) is 14.3. The Morgan fingerprint density at radius 1 is 1.23 bits per heavy atom. The standard InChI is InChI=1S/C17H26N2O3/c1-3-5-6-13(4-2)12-18-17(20)19-14-7-8-15-16(11-14)22-10-9-21-15/h7-8,11,13H,3-6,9-10,12H2,1-2H3,(H2,18,19,20). The van der Waals surface area contributed by atoms with E-state index in [1.54, 1.807) is 6.07 Å². The fourth-order valence-corrected chi connectivity index (χ4v) is 2.48. The number of hydrogen-bond donors (Lipinski definition) is 2. The smallest absolute Gasteiger partial charge is 0.319 e. The van der Waals surface area contributed by atoms with Gasteiger partial charge in [-0.2, -0.15) is 0 Å². The molecule has 0 saturated carbocycles. The quantitative estimate of drug-likeness (QED) is 0.805. The molecule has 2 N–H and O–H groups in total. The van der Waals surface area contributed by atoms with Gasteiger partial charge in [-0.15, -0.1) is 0 Å². The number of carbonyl (C=O) groups is 1. The summed E-state index contributed by atoms with van der Waals surface area (Å²) in [5, 5.41) is 5.79. The number of benzene rings is 1. The zero-order valence-electron chi connectivity index (χ0n) is 13.5. The summed E-state index contributed by atoms with van der Waals surface area (Å²) in [5.74, 6) is 1.95. The molecule has 1 aliphatic heterocycles. The van der Waals surface area contributed by atoms with Gasteiger partial charge in [-0.3, -0.25) is 0 Å². The van der Waals surface area contributed by atoms with Gasteiger partial charge in [-0.25, -0.2) is 4.79 Å². The number of anilines is 1. The van der Waals surface area contributed by atoms with Crippen LogP contribution in [0.1, 0.15) is 39.5 Å². The Morgan fingerprint density at radius 3 is 2.73 bits per heavy atom. The summed E-state index contributed by atoms with van der Waals surface area (Å²) in [6.45, 7) is 6.18. The van der Waals surface area contributed by atoms with E-state index in [0.717, 1.165) is 18.6 Å². The van der Waals surface area contributed by atoms with Crippen molar-refractivity contribution >= 4 is 11.7 Å². The molecule has 0 saturated heterocycles. The molecule has 1 aromatic carbocycles. The number of amides is 2. The van der Waals surface area contributed by atoms with Gasteiger partial charge in [0, 0.05) is 18.3 Å². The molecule has 0 aromatic heterocycles. The zero-order valence-corrected chi connectivity index (χ0v) is 13.5. The molecule has 122 valence electrons. The number of rotatable bonds is 7. The first-order valence-corrected chi connectivity index (χ1v) is 8.17. The van der Waals surface area contributed by atoms with Crippen LogP contribution in [0.15, 0.2) is 18.2 Å². The number of fused-ring (bicyclic) bond motifs is 1. The van der Waals surface area contributed by atoms with E-state index in [1.165, 1.54) is 12.8 Å². The molecule has 5 nitrogen and oxygen atoms in total. The summed E-state index contributed by atoms with van der Waals surface area (Å²) < 4.78 is 11.0. The SMILES string of the molecule is CCCCC(CC)CNC(=O)Nc1ccc2c(c1)OCCO2. The molecular weight excluding hydrogens is 280 g/mol. The van der Waals surface area contributed by atoms with Gasteiger partial charge in [0.25, 0.3) is 0 Å². The molecule has 1 atom stereocenters. The van der Waals surface area contributed by atoms with Crippen LogP contribution >= 0.6 is 0 Å². The Balaban J connectivity index is 1.81. The predicted octanol–water partition coefficient (Wildman–Crippen LogP) is 3.80. The molecular formula is C17H26N2O3. The maximum absolute atomic E-state index is 12.0. The molecule has 1 heterocycles. The minimum absolute atomic E-state index is 0.174.